The van der Waals surface area contributed by atoms with Crippen molar-refractivity contribution in [2.75, 3.05) is 12.0 Å². The lowest BCUT2D eigenvalue weighted by Crippen LogP contribution is -2.58. The van der Waals surface area contributed by atoms with Crippen LogP contribution in [0, 0.1) is 6.92 Å². The third kappa shape index (κ3) is 3.99. The van der Waals surface area contributed by atoms with Crippen LogP contribution < -0.4 is 10.5 Å². The maximum atomic E-state index is 13.2. The van der Waals surface area contributed by atoms with Crippen molar-refractivity contribution in [2.45, 2.75) is 53.8 Å². The lowest BCUT2D eigenvalue weighted by Gasteiger charge is -2.44. The molecule has 0 radical (unpaired) electrons. The van der Waals surface area contributed by atoms with E-state index in [1.807, 2.05) is 13.2 Å². The van der Waals surface area contributed by atoms with Crippen molar-refractivity contribution in [1.29, 1.82) is 0 Å². The largest absolute Gasteiger partial charge is 0.390 e. The second-order valence-electron chi connectivity index (χ2n) is 8.86. The molecule has 0 amide bonds. The number of nitrogens with two attached hydrogens (primary N) is 1. The van der Waals surface area contributed by atoms with Crippen molar-refractivity contribution in [3.05, 3.63) is 42.2 Å². The summed E-state index contributed by atoms with van der Waals surface area (Å²) in [5.41, 5.74) is 7.76. The van der Waals surface area contributed by atoms with E-state index in [2.05, 4.69) is 24.7 Å². The topological polar surface area (TPSA) is 144 Å². The van der Waals surface area contributed by atoms with Gasteiger partial charge in [-0.25, -0.2) is 33.1 Å². The zero-order valence-corrected chi connectivity index (χ0v) is 19.9. The molecule has 4 N–H and O–H groups in total. The summed E-state index contributed by atoms with van der Waals surface area (Å²) in [7, 11) is -3.78. The first-order valence-corrected chi connectivity index (χ1v) is 13.2. The molecule has 1 aromatic carbocycles. The fourth-order valence-electron chi connectivity index (χ4n) is 4.83. The van der Waals surface area contributed by atoms with E-state index in [4.69, 9.17) is 5.73 Å². The molecule has 3 saturated carbocycles. The Bertz CT molecular complexity index is 1360. The van der Waals surface area contributed by atoms with E-state index in [9.17, 15) is 13.5 Å². The van der Waals surface area contributed by atoms with E-state index in [0.717, 1.165) is 5.56 Å². The summed E-state index contributed by atoms with van der Waals surface area (Å²) >= 11 is 1.41. The van der Waals surface area contributed by atoms with Gasteiger partial charge >= 0.3 is 0 Å². The first-order chi connectivity index (χ1) is 15.6. The van der Waals surface area contributed by atoms with Crippen molar-refractivity contribution in [3.8, 4) is 22.6 Å². The maximum absolute atomic E-state index is 13.2. The van der Waals surface area contributed by atoms with E-state index in [1.54, 1.807) is 30.5 Å². The molecular weight excluding hydrogens is 460 g/mol. The van der Waals surface area contributed by atoms with Gasteiger partial charge in [0.2, 0.25) is 10.0 Å². The zero-order valence-electron chi connectivity index (χ0n) is 18.2. The summed E-state index contributed by atoms with van der Waals surface area (Å²) in [5.74, 6) is 0.227. The van der Waals surface area contributed by atoms with Crippen molar-refractivity contribution in [3.63, 3.8) is 0 Å². The number of fused-ring (bicyclic) bond motifs is 1. The molecule has 11 heteroatoms. The molecule has 3 fully saturated rings. The van der Waals surface area contributed by atoms with Crippen LogP contribution in [0.2, 0.25) is 0 Å². The van der Waals surface area contributed by atoms with Crippen LogP contribution in [0.3, 0.4) is 0 Å². The Morgan fingerprint density at radius 1 is 1.12 bits per heavy atom. The third-order valence-corrected chi connectivity index (χ3v) is 8.55. The van der Waals surface area contributed by atoms with Crippen molar-refractivity contribution >= 4 is 27.6 Å². The summed E-state index contributed by atoms with van der Waals surface area (Å²) < 4.78 is 29.2. The van der Waals surface area contributed by atoms with Gasteiger partial charge in [0.1, 0.15) is 5.69 Å². The average Bonchev–Trinajstić information content (AvgIpc) is 3.26. The maximum Gasteiger partial charge on any atom is 0.241 e. The fraction of sp³-hybridized carbons (Fsp3) is 0.364. The standard InChI is InChI=1S/C22H24N6O3S2/c1-13-3-4-14(33(30,31)28-21-6-7-22(29,11-21)12-21)9-15(13)17-10-25-19(23)18(26-17)16-5-8-24-20(27-16)32-2/h3-5,8-10,28-29H,6-7,11-12H2,1-2H3,(H2,23,25). The van der Waals surface area contributed by atoms with Crippen LogP contribution in [0.4, 0.5) is 5.82 Å². The molecule has 2 aromatic heterocycles. The molecule has 0 spiro atoms. The molecule has 6 rings (SSSR count). The van der Waals surface area contributed by atoms with E-state index in [0.29, 0.717) is 53.5 Å². The smallest absolute Gasteiger partial charge is 0.241 e. The first-order valence-electron chi connectivity index (χ1n) is 10.5. The summed E-state index contributed by atoms with van der Waals surface area (Å²) in [5, 5.41) is 10.8. The first kappa shape index (κ1) is 22.2. The molecule has 2 bridgehead atoms. The number of sulfonamides is 1. The summed E-state index contributed by atoms with van der Waals surface area (Å²) in [6.45, 7) is 1.88. The van der Waals surface area contributed by atoms with Crippen LogP contribution in [0.5, 0.6) is 0 Å². The predicted molar refractivity (Wildman–Crippen MR) is 126 cm³/mol. The number of aliphatic hydroxyl groups is 1. The van der Waals surface area contributed by atoms with E-state index in [-0.39, 0.29) is 10.7 Å². The number of nitrogens with one attached hydrogen (secondary N) is 1. The molecule has 33 heavy (non-hydrogen) atoms. The normalized spacial score (nSPS) is 24.0. The van der Waals surface area contributed by atoms with Crippen LogP contribution in [0.25, 0.3) is 22.6 Å². The van der Waals surface area contributed by atoms with Gasteiger partial charge in [0, 0.05) is 17.3 Å². The second-order valence-corrected chi connectivity index (χ2v) is 11.3. The molecule has 9 nitrogen and oxygen atoms in total. The highest BCUT2D eigenvalue weighted by Gasteiger charge is 2.61. The minimum atomic E-state index is -3.78. The van der Waals surface area contributed by atoms with Gasteiger partial charge in [0.15, 0.2) is 11.0 Å². The molecule has 0 atom stereocenters. The summed E-state index contributed by atoms with van der Waals surface area (Å²) in [4.78, 5) is 17.7. The van der Waals surface area contributed by atoms with Gasteiger partial charge in [-0.15, -0.1) is 0 Å². The fourth-order valence-corrected chi connectivity index (χ4v) is 6.64. The van der Waals surface area contributed by atoms with Gasteiger partial charge in [0.05, 0.1) is 28.1 Å². The van der Waals surface area contributed by atoms with Crippen molar-refractivity contribution in [1.82, 2.24) is 24.7 Å². The Morgan fingerprint density at radius 3 is 2.61 bits per heavy atom. The van der Waals surface area contributed by atoms with Crippen LogP contribution >= 0.6 is 11.8 Å². The third-order valence-electron chi connectivity index (χ3n) is 6.41. The van der Waals surface area contributed by atoms with Crippen LogP contribution in [0.1, 0.15) is 31.2 Å². The summed E-state index contributed by atoms with van der Waals surface area (Å²) in [6, 6.07) is 6.65. The Morgan fingerprint density at radius 2 is 1.91 bits per heavy atom. The van der Waals surface area contributed by atoms with E-state index in [1.165, 1.54) is 18.0 Å². The molecule has 172 valence electrons. The Balaban J connectivity index is 1.51. The Kier molecular flexibility index (Phi) is 5.20. The zero-order chi connectivity index (χ0) is 23.4. The second kappa shape index (κ2) is 7.73. The predicted octanol–water partition coefficient (Wildman–Crippen LogP) is 2.55. The minimum Gasteiger partial charge on any atom is -0.390 e. The highest BCUT2D eigenvalue weighted by Crippen LogP contribution is 2.55. The van der Waals surface area contributed by atoms with Crippen molar-refractivity contribution < 1.29 is 13.5 Å². The van der Waals surface area contributed by atoms with Gasteiger partial charge in [-0.3, -0.25) is 0 Å². The van der Waals surface area contributed by atoms with Gasteiger partial charge in [0.25, 0.3) is 0 Å². The lowest BCUT2D eigenvalue weighted by atomic mass is 9.74. The van der Waals surface area contributed by atoms with E-state index >= 15 is 0 Å². The van der Waals surface area contributed by atoms with Gasteiger partial charge < -0.3 is 10.8 Å². The molecule has 0 saturated heterocycles. The minimum absolute atomic E-state index is 0.145. The monoisotopic (exact) mass is 484 g/mol. The number of hydrogen-bond donors (Lipinski definition) is 3. The number of nitrogens with zero attached hydrogens (tertiary/aromatic N) is 4. The molecule has 3 aromatic rings. The van der Waals surface area contributed by atoms with Crippen LogP contribution in [-0.4, -0.2) is 50.9 Å². The number of anilines is 1. The summed E-state index contributed by atoms with van der Waals surface area (Å²) in [6.07, 6.45) is 7.23. The number of aryl methyl sites for hydroxylation is 1. The number of aromatic nitrogens is 4. The number of hydrogen-bond acceptors (Lipinski definition) is 9. The van der Waals surface area contributed by atoms with Gasteiger partial charge in [-0.2, -0.15) is 0 Å². The molecule has 3 aliphatic rings. The van der Waals surface area contributed by atoms with Crippen LogP contribution in [-0.2, 0) is 10.0 Å². The molecule has 0 unspecified atom stereocenters. The van der Waals surface area contributed by atoms with Crippen molar-refractivity contribution in [2.24, 2.45) is 0 Å². The molecule has 0 aliphatic heterocycles. The molecule has 2 heterocycles. The van der Waals surface area contributed by atoms with Gasteiger partial charge in [-0.1, -0.05) is 17.8 Å². The number of benzene rings is 1. The molecular formula is C22H24N6O3S2. The van der Waals surface area contributed by atoms with E-state index < -0.39 is 21.2 Å². The quantitative estimate of drug-likeness (QED) is 0.355. The highest BCUT2D eigenvalue weighted by atomic mass is 32.2. The number of rotatable bonds is 6. The number of nitrogen functional groups attached to an aromatic ring is 1. The van der Waals surface area contributed by atoms with Gasteiger partial charge in [-0.05, 0) is 62.6 Å². The highest BCUT2D eigenvalue weighted by molar-refractivity contribution is 7.98. The average molecular weight is 485 g/mol. The number of thioether (sulfide) groups is 1. The SMILES string of the molecule is CSc1nccc(-c2nc(-c3cc(S(=O)(=O)NC45CCC(O)(C4)C5)ccc3C)cnc2N)n1. The van der Waals surface area contributed by atoms with Crippen LogP contribution in [0.15, 0.2) is 46.7 Å². The lowest BCUT2D eigenvalue weighted by molar-refractivity contribution is -0.0362. The molecule has 3 aliphatic carbocycles. The Labute approximate surface area is 196 Å². The Hall–Kier alpha value is -2.60.